The largest absolute Gasteiger partial charge is 0.394 e. The minimum atomic E-state index is -0.348. The topological polar surface area (TPSA) is 70.1 Å². The standard InChI is InChI=1S/C11H20N4O/c1-4-11(3,8-16)15-10-7-12-6-9(14-10)13-5-2/h6-7,16H,4-5,8H2,1-3H3,(H2,13,14,15). The van der Waals surface area contributed by atoms with Gasteiger partial charge < -0.3 is 15.7 Å². The van der Waals surface area contributed by atoms with Crippen molar-refractivity contribution in [2.24, 2.45) is 0 Å². The summed E-state index contributed by atoms with van der Waals surface area (Å²) in [5.41, 5.74) is -0.348. The Balaban J connectivity index is 2.76. The van der Waals surface area contributed by atoms with Crippen molar-refractivity contribution in [2.45, 2.75) is 32.7 Å². The summed E-state index contributed by atoms with van der Waals surface area (Å²) >= 11 is 0. The minimum absolute atomic E-state index is 0.0661. The monoisotopic (exact) mass is 224 g/mol. The first kappa shape index (κ1) is 12.7. The predicted octanol–water partition coefficient (Wildman–Crippen LogP) is 1.48. The molecule has 1 aromatic heterocycles. The van der Waals surface area contributed by atoms with Gasteiger partial charge in [0.15, 0.2) is 0 Å². The smallest absolute Gasteiger partial charge is 0.147 e. The Bertz CT molecular complexity index is 326. The molecular weight excluding hydrogens is 204 g/mol. The third kappa shape index (κ3) is 3.34. The molecule has 0 aromatic carbocycles. The minimum Gasteiger partial charge on any atom is -0.394 e. The maximum absolute atomic E-state index is 9.29. The predicted molar refractivity (Wildman–Crippen MR) is 65.6 cm³/mol. The second kappa shape index (κ2) is 5.65. The summed E-state index contributed by atoms with van der Waals surface area (Å²) in [6.45, 7) is 6.85. The van der Waals surface area contributed by atoms with Gasteiger partial charge in [-0.3, -0.25) is 4.98 Å². The van der Waals surface area contributed by atoms with E-state index >= 15 is 0 Å². The van der Waals surface area contributed by atoms with Crippen molar-refractivity contribution in [2.75, 3.05) is 23.8 Å². The van der Waals surface area contributed by atoms with Crippen molar-refractivity contribution in [3.05, 3.63) is 12.4 Å². The average molecular weight is 224 g/mol. The van der Waals surface area contributed by atoms with E-state index in [0.29, 0.717) is 5.82 Å². The van der Waals surface area contributed by atoms with Crippen LogP contribution in [0.5, 0.6) is 0 Å². The van der Waals surface area contributed by atoms with Gasteiger partial charge in [0.25, 0.3) is 0 Å². The van der Waals surface area contributed by atoms with Crippen LogP contribution in [0.2, 0.25) is 0 Å². The zero-order chi connectivity index (χ0) is 12.0. The van der Waals surface area contributed by atoms with Gasteiger partial charge in [0.1, 0.15) is 11.6 Å². The molecule has 0 bridgehead atoms. The van der Waals surface area contributed by atoms with Crippen LogP contribution in [0.3, 0.4) is 0 Å². The lowest BCUT2D eigenvalue weighted by atomic mass is 10.0. The summed E-state index contributed by atoms with van der Waals surface area (Å²) in [7, 11) is 0. The van der Waals surface area contributed by atoms with Crippen molar-refractivity contribution in [1.82, 2.24) is 9.97 Å². The molecule has 1 rings (SSSR count). The van der Waals surface area contributed by atoms with Crippen LogP contribution in [0, 0.1) is 0 Å². The van der Waals surface area contributed by atoms with Crippen molar-refractivity contribution in [3.63, 3.8) is 0 Å². The maximum Gasteiger partial charge on any atom is 0.147 e. The summed E-state index contributed by atoms with van der Waals surface area (Å²) in [4.78, 5) is 8.43. The molecule has 0 amide bonds. The van der Waals surface area contributed by atoms with E-state index in [1.54, 1.807) is 12.4 Å². The first-order chi connectivity index (χ1) is 7.63. The molecule has 0 spiro atoms. The third-order valence-electron chi connectivity index (χ3n) is 2.55. The molecule has 0 fully saturated rings. The van der Waals surface area contributed by atoms with Gasteiger partial charge in [-0.15, -0.1) is 0 Å². The Kier molecular flexibility index (Phi) is 4.49. The lowest BCUT2D eigenvalue weighted by molar-refractivity contribution is 0.218. The van der Waals surface area contributed by atoms with Gasteiger partial charge in [-0.2, -0.15) is 0 Å². The normalized spacial score (nSPS) is 14.2. The number of hydrogen-bond acceptors (Lipinski definition) is 5. The average Bonchev–Trinajstić information content (AvgIpc) is 2.30. The molecule has 0 aliphatic heterocycles. The molecule has 0 aliphatic rings. The molecule has 0 aliphatic carbocycles. The van der Waals surface area contributed by atoms with Gasteiger partial charge in [0.05, 0.1) is 24.5 Å². The van der Waals surface area contributed by atoms with E-state index in [4.69, 9.17) is 0 Å². The van der Waals surface area contributed by atoms with E-state index in [-0.39, 0.29) is 12.1 Å². The molecule has 1 unspecified atom stereocenters. The Morgan fingerprint density at radius 1 is 1.31 bits per heavy atom. The van der Waals surface area contributed by atoms with Gasteiger partial charge in [-0.1, -0.05) is 6.92 Å². The first-order valence-electron chi connectivity index (χ1n) is 5.58. The molecule has 0 saturated carbocycles. The lowest BCUT2D eigenvalue weighted by Crippen LogP contribution is -2.38. The van der Waals surface area contributed by atoms with Gasteiger partial charge in [0, 0.05) is 6.54 Å². The molecule has 3 N–H and O–H groups in total. The van der Waals surface area contributed by atoms with Gasteiger partial charge in [-0.25, -0.2) is 4.98 Å². The molecule has 0 saturated heterocycles. The molecule has 0 radical (unpaired) electrons. The van der Waals surface area contributed by atoms with Crippen LogP contribution in [0.1, 0.15) is 27.2 Å². The van der Waals surface area contributed by atoms with E-state index < -0.39 is 0 Å². The van der Waals surface area contributed by atoms with Crippen LogP contribution in [0.4, 0.5) is 11.6 Å². The number of nitrogens with one attached hydrogen (secondary N) is 2. The summed E-state index contributed by atoms with van der Waals surface area (Å²) in [5.74, 6) is 1.42. The first-order valence-corrected chi connectivity index (χ1v) is 5.58. The highest BCUT2D eigenvalue weighted by Crippen LogP contribution is 2.16. The Morgan fingerprint density at radius 3 is 2.56 bits per heavy atom. The highest BCUT2D eigenvalue weighted by Gasteiger charge is 2.20. The number of rotatable bonds is 6. The van der Waals surface area contributed by atoms with Crippen LogP contribution >= 0.6 is 0 Å². The molecule has 90 valence electrons. The highest BCUT2D eigenvalue weighted by atomic mass is 16.3. The summed E-state index contributed by atoms with van der Waals surface area (Å²) < 4.78 is 0. The molecule has 1 heterocycles. The summed E-state index contributed by atoms with van der Waals surface area (Å²) in [5, 5.41) is 15.6. The SMILES string of the molecule is CCNc1cncc(NC(C)(CC)CO)n1. The number of aromatic nitrogens is 2. The van der Waals surface area contributed by atoms with Crippen LogP contribution in [0.15, 0.2) is 12.4 Å². The Morgan fingerprint density at radius 2 is 2.00 bits per heavy atom. The van der Waals surface area contributed by atoms with Gasteiger partial charge in [-0.05, 0) is 20.3 Å². The number of anilines is 2. The number of hydrogen-bond donors (Lipinski definition) is 3. The Labute approximate surface area is 96.3 Å². The van der Waals surface area contributed by atoms with E-state index in [0.717, 1.165) is 18.8 Å². The zero-order valence-electron chi connectivity index (χ0n) is 10.1. The lowest BCUT2D eigenvalue weighted by Gasteiger charge is -2.27. The van der Waals surface area contributed by atoms with Crippen LogP contribution < -0.4 is 10.6 Å². The Hall–Kier alpha value is -1.36. The van der Waals surface area contributed by atoms with E-state index in [2.05, 4.69) is 20.6 Å². The van der Waals surface area contributed by atoms with Crippen LogP contribution in [-0.2, 0) is 0 Å². The number of nitrogens with zero attached hydrogens (tertiary/aromatic N) is 2. The second-order valence-corrected chi connectivity index (χ2v) is 4.02. The molecule has 1 aromatic rings. The van der Waals surface area contributed by atoms with E-state index in [1.165, 1.54) is 0 Å². The number of aliphatic hydroxyl groups excluding tert-OH is 1. The fourth-order valence-electron chi connectivity index (χ4n) is 1.24. The van der Waals surface area contributed by atoms with Crippen LogP contribution in [-0.4, -0.2) is 33.8 Å². The fraction of sp³-hybridized carbons (Fsp3) is 0.636. The summed E-state index contributed by atoms with van der Waals surface area (Å²) in [6.07, 6.45) is 4.15. The maximum atomic E-state index is 9.29. The highest BCUT2D eigenvalue weighted by molar-refractivity contribution is 5.43. The molecule has 5 nitrogen and oxygen atoms in total. The van der Waals surface area contributed by atoms with Crippen molar-refractivity contribution < 1.29 is 5.11 Å². The zero-order valence-corrected chi connectivity index (χ0v) is 10.1. The third-order valence-corrected chi connectivity index (χ3v) is 2.55. The molecule has 5 heteroatoms. The molecular formula is C11H20N4O. The molecule has 16 heavy (non-hydrogen) atoms. The fourth-order valence-corrected chi connectivity index (χ4v) is 1.24. The summed E-state index contributed by atoms with van der Waals surface area (Å²) in [6, 6.07) is 0. The van der Waals surface area contributed by atoms with Crippen molar-refractivity contribution >= 4 is 11.6 Å². The second-order valence-electron chi connectivity index (χ2n) is 4.02. The van der Waals surface area contributed by atoms with E-state index in [9.17, 15) is 5.11 Å². The van der Waals surface area contributed by atoms with Gasteiger partial charge >= 0.3 is 0 Å². The van der Waals surface area contributed by atoms with Crippen molar-refractivity contribution in [1.29, 1.82) is 0 Å². The molecule has 1 atom stereocenters. The number of aliphatic hydroxyl groups is 1. The van der Waals surface area contributed by atoms with E-state index in [1.807, 2.05) is 20.8 Å². The van der Waals surface area contributed by atoms with Crippen molar-refractivity contribution in [3.8, 4) is 0 Å². The van der Waals surface area contributed by atoms with Gasteiger partial charge in [0.2, 0.25) is 0 Å². The quantitative estimate of drug-likeness (QED) is 0.683. The van der Waals surface area contributed by atoms with Crippen LogP contribution in [0.25, 0.3) is 0 Å².